The van der Waals surface area contributed by atoms with Crippen molar-refractivity contribution < 1.29 is 9.53 Å². The second-order valence-corrected chi connectivity index (χ2v) is 6.10. The fourth-order valence-electron chi connectivity index (χ4n) is 2.92. The van der Waals surface area contributed by atoms with Crippen LogP contribution in [0, 0.1) is 6.92 Å². The molecule has 0 saturated heterocycles. The highest BCUT2D eigenvalue weighted by Crippen LogP contribution is 2.36. The van der Waals surface area contributed by atoms with E-state index in [-0.39, 0.29) is 17.9 Å². The summed E-state index contributed by atoms with van der Waals surface area (Å²) in [5, 5.41) is 3.01. The van der Waals surface area contributed by atoms with Gasteiger partial charge >= 0.3 is 0 Å². The summed E-state index contributed by atoms with van der Waals surface area (Å²) >= 11 is 0. The van der Waals surface area contributed by atoms with Crippen LogP contribution in [-0.4, -0.2) is 12.0 Å². The number of anilines is 1. The molecule has 1 N–H and O–H groups in total. The number of ether oxygens (including phenoxy) is 1. The lowest BCUT2D eigenvalue weighted by molar-refractivity contribution is -0.117. The van der Waals surface area contributed by atoms with Crippen LogP contribution in [0.4, 0.5) is 5.69 Å². The lowest BCUT2D eigenvalue weighted by Crippen LogP contribution is -2.14. The Morgan fingerprint density at radius 1 is 1.14 bits per heavy atom. The second kappa shape index (κ2) is 5.84. The molecule has 1 amide bonds. The monoisotopic (exact) mass is 295 g/mol. The minimum absolute atomic E-state index is 0.0896. The number of hydrogen-bond donors (Lipinski definition) is 1. The van der Waals surface area contributed by atoms with Crippen LogP contribution in [0.3, 0.4) is 0 Å². The molecular weight excluding hydrogens is 274 g/mol. The predicted octanol–water partition coefficient (Wildman–Crippen LogP) is 4.06. The predicted molar refractivity (Wildman–Crippen MR) is 88.5 cm³/mol. The Morgan fingerprint density at radius 3 is 2.55 bits per heavy atom. The third-order valence-corrected chi connectivity index (χ3v) is 3.98. The number of carbonyl (C=O) groups is 1. The molecule has 0 saturated carbocycles. The minimum atomic E-state index is -0.105. The van der Waals surface area contributed by atoms with Crippen molar-refractivity contribution in [1.29, 1.82) is 0 Å². The lowest BCUT2D eigenvalue weighted by Gasteiger charge is -2.12. The molecule has 22 heavy (non-hydrogen) atoms. The van der Waals surface area contributed by atoms with E-state index in [2.05, 4.69) is 5.32 Å². The number of para-hydroxylation sites is 1. The molecule has 1 heterocycles. The third-order valence-electron chi connectivity index (χ3n) is 3.98. The van der Waals surface area contributed by atoms with Gasteiger partial charge in [-0.3, -0.25) is 4.79 Å². The number of carbonyl (C=O) groups excluding carboxylic acids is 1. The molecule has 114 valence electrons. The molecule has 1 atom stereocenters. The highest BCUT2D eigenvalue weighted by atomic mass is 16.5. The van der Waals surface area contributed by atoms with Gasteiger partial charge in [-0.2, -0.15) is 0 Å². The average Bonchev–Trinajstić information content (AvgIpc) is 2.79. The zero-order chi connectivity index (χ0) is 15.7. The van der Waals surface area contributed by atoms with Crippen molar-refractivity contribution in [3.8, 4) is 5.75 Å². The standard InChI is InChI=1S/C19H21NO2/c1-12(2)22-15-9-7-14(8-10-15)11-17-16-6-4-5-13(3)18(16)20-19(17)21/h4-10,12,17H,11H2,1-3H3,(H,20,21)/t17-/m0/s1. The number of nitrogens with one attached hydrogen (secondary N) is 1. The molecule has 0 unspecified atom stereocenters. The van der Waals surface area contributed by atoms with Gasteiger partial charge in [0.2, 0.25) is 5.91 Å². The van der Waals surface area contributed by atoms with Gasteiger partial charge in [-0.25, -0.2) is 0 Å². The first-order chi connectivity index (χ1) is 10.5. The molecule has 3 rings (SSSR count). The first-order valence-corrected chi connectivity index (χ1v) is 7.70. The first-order valence-electron chi connectivity index (χ1n) is 7.70. The highest BCUT2D eigenvalue weighted by molar-refractivity contribution is 6.03. The SMILES string of the molecule is Cc1cccc2c1NC(=O)[C@H]2Cc1ccc(OC(C)C)cc1. The van der Waals surface area contributed by atoms with Crippen LogP contribution >= 0.6 is 0 Å². The molecule has 0 aromatic heterocycles. The van der Waals surface area contributed by atoms with E-state index in [1.165, 1.54) is 0 Å². The van der Waals surface area contributed by atoms with Crippen LogP contribution < -0.4 is 10.1 Å². The van der Waals surface area contributed by atoms with Crippen molar-refractivity contribution in [1.82, 2.24) is 0 Å². The van der Waals surface area contributed by atoms with Crippen molar-refractivity contribution in [2.45, 2.75) is 39.2 Å². The summed E-state index contributed by atoms with van der Waals surface area (Å²) in [7, 11) is 0. The number of fused-ring (bicyclic) bond motifs is 1. The van der Waals surface area contributed by atoms with E-state index in [0.717, 1.165) is 28.1 Å². The number of benzene rings is 2. The van der Waals surface area contributed by atoms with Crippen molar-refractivity contribution in [2.24, 2.45) is 0 Å². The van der Waals surface area contributed by atoms with Gasteiger partial charge in [0, 0.05) is 5.69 Å². The Hall–Kier alpha value is -2.29. The summed E-state index contributed by atoms with van der Waals surface area (Å²) < 4.78 is 5.65. The lowest BCUT2D eigenvalue weighted by atomic mass is 9.92. The van der Waals surface area contributed by atoms with Crippen LogP contribution in [0.15, 0.2) is 42.5 Å². The van der Waals surface area contributed by atoms with E-state index in [0.29, 0.717) is 6.42 Å². The zero-order valence-corrected chi connectivity index (χ0v) is 13.2. The van der Waals surface area contributed by atoms with Crippen LogP contribution in [0.1, 0.15) is 36.5 Å². The highest BCUT2D eigenvalue weighted by Gasteiger charge is 2.31. The molecule has 3 nitrogen and oxygen atoms in total. The molecule has 1 aliphatic heterocycles. The number of amides is 1. The Balaban J connectivity index is 1.79. The van der Waals surface area contributed by atoms with Gasteiger partial charge in [0.1, 0.15) is 5.75 Å². The van der Waals surface area contributed by atoms with Crippen LogP contribution in [-0.2, 0) is 11.2 Å². The smallest absolute Gasteiger partial charge is 0.232 e. The van der Waals surface area contributed by atoms with Crippen molar-refractivity contribution in [2.75, 3.05) is 5.32 Å². The summed E-state index contributed by atoms with van der Waals surface area (Å²) in [6.07, 6.45) is 0.880. The number of rotatable bonds is 4. The fourth-order valence-corrected chi connectivity index (χ4v) is 2.92. The molecule has 2 aromatic carbocycles. The van der Waals surface area contributed by atoms with Gasteiger partial charge in [0.15, 0.2) is 0 Å². The Bertz CT molecular complexity index is 689. The summed E-state index contributed by atoms with van der Waals surface area (Å²) in [6, 6.07) is 14.1. The molecule has 0 spiro atoms. The first kappa shape index (κ1) is 14.6. The largest absolute Gasteiger partial charge is 0.491 e. The van der Waals surface area contributed by atoms with Crippen LogP contribution in [0.2, 0.25) is 0 Å². The molecule has 2 aromatic rings. The minimum Gasteiger partial charge on any atom is -0.491 e. The normalized spacial score (nSPS) is 16.5. The van der Waals surface area contributed by atoms with Gasteiger partial charge in [-0.15, -0.1) is 0 Å². The Kier molecular flexibility index (Phi) is 3.88. The summed E-state index contributed by atoms with van der Waals surface area (Å²) in [5.74, 6) is 0.851. The Morgan fingerprint density at radius 2 is 1.86 bits per heavy atom. The van der Waals surface area contributed by atoms with Crippen LogP contribution in [0.5, 0.6) is 5.75 Å². The van der Waals surface area contributed by atoms with Gasteiger partial charge in [0.25, 0.3) is 0 Å². The molecule has 0 radical (unpaired) electrons. The summed E-state index contributed by atoms with van der Waals surface area (Å²) in [5.41, 5.74) is 4.35. The quantitative estimate of drug-likeness (QED) is 0.923. The van der Waals surface area contributed by atoms with Gasteiger partial charge in [-0.1, -0.05) is 30.3 Å². The van der Waals surface area contributed by atoms with E-state index >= 15 is 0 Å². The molecular formula is C19H21NO2. The van der Waals surface area contributed by atoms with Crippen molar-refractivity contribution in [3.05, 3.63) is 59.2 Å². The van der Waals surface area contributed by atoms with Gasteiger partial charge in [0.05, 0.1) is 12.0 Å². The molecule has 0 bridgehead atoms. The Labute approximate surface area is 131 Å². The van der Waals surface area contributed by atoms with E-state index in [1.54, 1.807) is 0 Å². The molecule has 3 heteroatoms. The van der Waals surface area contributed by atoms with E-state index in [4.69, 9.17) is 4.74 Å². The average molecular weight is 295 g/mol. The number of aryl methyl sites for hydroxylation is 1. The van der Waals surface area contributed by atoms with Gasteiger partial charge in [-0.05, 0) is 56.0 Å². The topological polar surface area (TPSA) is 38.3 Å². The fraction of sp³-hybridized carbons (Fsp3) is 0.316. The van der Waals surface area contributed by atoms with Crippen LogP contribution in [0.25, 0.3) is 0 Å². The maximum atomic E-state index is 12.3. The molecule has 0 fully saturated rings. The van der Waals surface area contributed by atoms with E-state index < -0.39 is 0 Å². The summed E-state index contributed by atoms with van der Waals surface area (Å²) in [4.78, 5) is 12.3. The summed E-state index contributed by atoms with van der Waals surface area (Å²) in [6.45, 7) is 6.05. The molecule has 1 aliphatic rings. The third kappa shape index (κ3) is 2.84. The van der Waals surface area contributed by atoms with Gasteiger partial charge < -0.3 is 10.1 Å². The number of hydrogen-bond acceptors (Lipinski definition) is 2. The second-order valence-electron chi connectivity index (χ2n) is 6.10. The zero-order valence-electron chi connectivity index (χ0n) is 13.2. The maximum absolute atomic E-state index is 12.3. The maximum Gasteiger partial charge on any atom is 0.232 e. The van der Waals surface area contributed by atoms with Crippen molar-refractivity contribution >= 4 is 11.6 Å². The van der Waals surface area contributed by atoms with Crippen molar-refractivity contribution in [3.63, 3.8) is 0 Å². The van der Waals surface area contributed by atoms with E-state index in [1.807, 2.05) is 63.2 Å². The van der Waals surface area contributed by atoms with E-state index in [9.17, 15) is 4.79 Å². The molecule has 0 aliphatic carbocycles.